The lowest BCUT2D eigenvalue weighted by molar-refractivity contribution is -0.00574. The van der Waals surface area contributed by atoms with Crippen LogP contribution < -0.4 is 0 Å². The summed E-state index contributed by atoms with van der Waals surface area (Å²) in [6.45, 7) is 1.41. The molecule has 0 saturated carbocycles. The van der Waals surface area contributed by atoms with Gasteiger partial charge in [0.05, 0.1) is 6.61 Å². The Balaban J connectivity index is 2.16. The van der Waals surface area contributed by atoms with Crippen molar-refractivity contribution in [3.63, 3.8) is 0 Å². The topological polar surface area (TPSA) is 29.5 Å². The van der Waals surface area contributed by atoms with Crippen molar-refractivity contribution < 1.29 is 18.3 Å². The number of hydrogen-bond donors (Lipinski definition) is 0. The lowest BCUT2D eigenvalue weighted by atomic mass is 10.2. The van der Waals surface area contributed by atoms with Crippen LogP contribution in [-0.2, 0) is 4.74 Å². The number of halogens is 2. The molecule has 0 bridgehead atoms. The number of hydrogen-bond acceptors (Lipinski definition) is 2. The van der Waals surface area contributed by atoms with Crippen molar-refractivity contribution in [3.8, 4) is 0 Å². The van der Waals surface area contributed by atoms with E-state index in [-0.39, 0.29) is 18.2 Å². The zero-order chi connectivity index (χ0) is 11.5. The molecule has 1 aromatic carbocycles. The molecule has 1 fully saturated rings. The molecule has 3 nitrogen and oxygen atoms in total. The Hall–Kier alpha value is -1.49. The third-order valence-electron chi connectivity index (χ3n) is 2.42. The van der Waals surface area contributed by atoms with Crippen LogP contribution in [0.1, 0.15) is 16.8 Å². The van der Waals surface area contributed by atoms with Crippen molar-refractivity contribution in [2.75, 3.05) is 19.9 Å². The standard InChI is InChI=1S/C11H11F2NO2/c12-9-3-2-8(6-10(9)13)11(15)14-4-1-5-16-7-14/h2-3,6H,1,4-5,7H2. The molecule has 1 aromatic rings. The minimum absolute atomic E-state index is 0.143. The molecule has 1 amide bonds. The molecule has 0 N–H and O–H groups in total. The lowest BCUT2D eigenvalue weighted by Gasteiger charge is -2.26. The molecule has 0 atom stereocenters. The summed E-state index contributed by atoms with van der Waals surface area (Å²) in [5, 5.41) is 0. The zero-order valence-corrected chi connectivity index (χ0v) is 8.58. The van der Waals surface area contributed by atoms with Crippen LogP contribution in [0.2, 0.25) is 0 Å². The predicted octanol–water partition coefficient (Wildman–Crippen LogP) is 1.78. The van der Waals surface area contributed by atoms with Crippen LogP contribution in [0.5, 0.6) is 0 Å². The van der Waals surface area contributed by atoms with E-state index < -0.39 is 11.6 Å². The number of rotatable bonds is 1. The summed E-state index contributed by atoms with van der Waals surface area (Å²) in [4.78, 5) is 13.3. The highest BCUT2D eigenvalue weighted by Gasteiger charge is 2.19. The molecule has 86 valence electrons. The first-order chi connectivity index (χ1) is 7.68. The van der Waals surface area contributed by atoms with Gasteiger partial charge in [-0.3, -0.25) is 4.79 Å². The van der Waals surface area contributed by atoms with Crippen LogP contribution in [-0.4, -0.2) is 30.7 Å². The van der Waals surface area contributed by atoms with E-state index >= 15 is 0 Å². The van der Waals surface area contributed by atoms with E-state index in [9.17, 15) is 13.6 Å². The molecule has 1 aliphatic rings. The second kappa shape index (κ2) is 4.57. The van der Waals surface area contributed by atoms with Gasteiger partial charge in [-0.05, 0) is 24.6 Å². The van der Waals surface area contributed by atoms with Crippen LogP contribution in [0.3, 0.4) is 0 Å². The summed E-state index contributed by atoms with van der Waals surface area (Å²) in [6, 6.07) is 3.13. The predicted molar refractivity (Wildman–Crippen MR) is 52.8 cm³/mol. The summed E-state index contributed by atoms with van der Waals surface area (Å²) in [7, 11) is 0. The second-order valence-corrected chi connectivity index (χ2v) is 3.59. The SMILES string of the molecule is O=C(c1ccc(F)c(F)c1)N1CCCOC1. The van der Waals surface area contributed by atoms with Crippen molar-refractivity contribution in [1.29, 1.82) is 0 Å². The monoisotopic (exact) mass is 227 g/mol. The first-order valence-electron chi connectivity index (χ1n) is 5.00. The van der Waals surface area contributed by atoms with Crippen molar-refractivity contribution in [2.24, 2.45) is 0 Å². The quantitative estimate of drug-likeness (QED) is 0.732. The fourth-order valence-electron chi connectivity index (χ4n) is 1.57. The lowest BCUT2D eigenvalue weighted by Crippen LogP contribution is -2.38. The third-order valence-corrected chi connectivity index (χ3v) is 2.42. The van der Waals surface area contributed by atoms with E-state index in [0.717, 1.165) is 18.6 Å². The Kier molecular flexibility index (Phi) is 3.14. The molecule has 1 heterocycles. The van der Waals surface area contributed by atoms with Gasteiger partial charge in [-0.25, -0.2) is 8.78 Å². The largest absolute Gasteiger partial charge is 0.361 e. The summed E-state index contributed by atoms with van der Waals surface area (Å²) < 4.78 is 30.7. The Bertz CT molecular complexity index is 403. The molecule has 0 radical (unpaired) electrons. The highest BCUT2D eigenvalue weighted by molar-refractivity contribution is 5.94. The summed E-state index contributed by atoms with van der Waals surface area (Å²) in [5.41, 5.74) is 0.143. The zero-order valence-electron chi connectivity index (χ0n) is 8.58. The van der Waals surface area contributed by atoms with Gasteiger partial charge in [0, 0.05) is 12.1 Å². The maximum absolute atomic E-state index is 12.9. The Morgan fingerprint density at radius 3 is 2.75 bits per heavy atom. The number of carbonyl (C=O) groups excluding carboxylic acids is 1. The number of benzene rings is 1. The molecule has 0 unspecified atom stereocenters. The van der Waals surface area contributed by atoms with E-state index in [2.05, 4.69) is 0 Å². The smallest absolute Gasteiger partial charge is 0.255 e. The van der Waals surface area contributed by atoms with Crippen molar-refractivity contribution in [2.45, 2.75) is 6.42 Å². The Morgan fingerprint density at radius 2 is 2.12 bits per heavy atom. The van der Waals surface area contributed by atoms with Crippen LogP contribution >= 0.6 is 0 Å². The Labute approximate surface area is 91.6 Å². The van der Waals surface area contributed by atoms with Gasteiger partial charge in [0.15, 0.2) is 11.6 Å². The molecule has 0 aromatic heterocycles. The van der Waals surface area contributed by atoms with E-state index in [1.54, 1.807) is 0 Å². The highest BCUT2D eigenvalue weighted by atomic mass is 19.2. The minimum atomic E-state index is -1.01. The number of ether oxygens (including phenoxy) is 1. The van der Waals surface area contributed by atoms with Crippen LogP contribution in [0, 0.1) is 11.6 Å². The fraction of sp³-hybridized carbons (Fsp3) is 0.364. The normalized spacial score (nSPS) is 16.2. The molecule has 1 aliphatic heterocycles. The molecule has 1 saturated heterocycles. The van der Waals surface area contributed by atoms with Crippen LogP contribution in [0.25, 0.3) is 0 Å². The van der Waals surface area contributed by atoms with Gasteiger partial charge >= 0.3 is 0 Å². The second-order valence-electron chi connectivity index (χ2n) is 3.59. The fourth-order valence-corrected chi connectivity index (χ4v) is 1.57. The van der Waals surface area contributed by atoms with Crippen LogP contribution in [0.4, 0.5) is 8.78 Å². The van der Waals surface area contributed by atoms with Crippen molar-refractivity contribution >= 4 is 5.91 Å². The molecular formula is C11H11F2NO2. The summed E-state index contributed by atoms with van der Waals surface area (Å²) in [6.07, 6.45) is 0.759. The molecule has 0 aliphatic carbocycles. The van der Waals surface area contributed by atoms with Gasteiger partial charge in [-0.15, -0.1) is 0 Å². The third kappa shape index (κ3) is 2.19. The maximum Gasteiger partial charge on any atom is 0.255 e. The van der Waals surface area contributed by atoms with Gasteiger partial charge in [-0.2, -0.15) is 0 Å². The van der Waals surface area contributed by atoms with E-state index in [0.29, 0.717) is 13.2 Å². The summed E-state index contributed by atoms with van der Waals surface area (Å²) >= 11 is 0. The first-order valence-corrected chi connectivity index (χ1v) is 5.00. The number of amides is 1. The number of nitrogens with zero attached hydrogens (tertiary/aromatic N) is 1. The van der Waals surface area contributed by atoms with Gasteiger partial charge in [0.25, 0.3) is 5.91 Å². The first kappa shape index (κ1) is 11.0. The van der Waals surface area contributed by atoms with E-state index in [1.807, 2.05) is 0 Å². The molecule has 16 heavy (non-hydrogen) atoms. The van der Waals surface area contributed by atoms with Crippen molar-refractivity contribution in [1.82, 2.24) is 4.90 Å². The van der Waals surface area contributed by atoms with E-state index in [4.69, 9.17) is 4.74 Å². The summed E-state index contributed by atoms with van der Waals surface area (Å²) in [5.74, 6) is -2.30. The van der Waals surface area contributed by atoms with Gasteiger partial charge < -0.3 is 9.64 Å². The van der Waals surface area contributed by atoms with Gasteiger partial charge in [-0.1, -0.05) is 0 Å². The molecule has 2 rings (SSSR count). The van der Waals surface area contributed by atoms with Gasteiger partial charge in [0.1, 0.15) is 6.73 Å². The maximum atomic E-state index is 12.9. The van der Waals surface area contributed by atoms with Gasteiger partial charge in [0.2, 0.25) is 0 Å². The molecule has 0 spiro atoms. The molecule has 5 heteroatoms. The number of carbonyl (C=O) groups is 1. The van der Waals surface area contributed by atoms with E-state index in [1.165, 1.54) is 11.0 Å². The highest BCUT2D eigenvalue weighted by Crippen LogP contribution is 2.12. The average molecular weight is 227 g/mol. The molecular weight excluding hydrogens is 216 g/mol. The minimum Gasteiger partial charge on any atom is -0.361 e. The van der Waals surface area contributed by atoms with Crippen LogP contribution in [0.15, 0.2) is 18.2 Å². The van der Waals surface area contributed by atoms with Crippen molar-refractivity contribution in [3.05, 3.63) is 35.4 Å². The average Bonchev–Trinajstić information content (AvgIpc) is 2.33. The Morgan fingerprint density at radius 1 is 1.31 bits per heavy atom.